The van der Waals surface area contributed by atoms with Gasteiger partial charge in [0.1, 0.15) is 5.69 Å². The van der Waals surface area contributed by atoms with Crippen molar-refractivity contribution in [3.8, 4) is 17.0 Å². The van der Waals surface area contributed by atoms with Gasteiger partial charge in [-0.1, -0.05) is 25.5 Å². The molecule has 4 nitrogen and oxygen atoms in total. The molecule has 3 heterocycles. The van der Waals surface area contributed by atoms with Crippen LogP contribution in [0.1, 0.15) is 36.7 Å². The highest BCUT2D eigenvalue weighted by Crippen LogP contribution is 2.32. The summed E-state index contributed by atoms with van der Waals surface area (Å²) in [6.07, 6.45) is 5.54. The van der Waals surface area contributed by atoms with Crippen molar-refractivity contribution in [3.63, 3.8) is 0 Å². The van der Waals surface area contributed by atoms with Crippen LogP contribution in [0.4, 0.5) is 8.78 Å². The summed E-state index contributed by atoms with van der Waals surface area (Å²) in [6.45, 7) is 1.73. The summed E-state index contributed by atoms with van der Waals surface area (Å²) < 4.78 is 33.3. The second kappa shape index (κ2) is 8.20. The number of rotatable bonds is 7. The Morgan fingerprint density at radius 1 is 0.963 bits per heavy atom. The topological polar surface area (TPSA) is 47.9 Å². The third kappa shape index (κ3) is 4.27. The molecule has 27 heavy (non-hydrogen) atoms. The summed E-state index contributed by atoms with van der Waals surface area (Å²) in [7, 11) is 1.57. The van der Waals surface area contributed by atoms with Crippen LogP contribution in [0.5, 0.6) is 5.88 Å². The fourth-order valence-corrected chi connectivity index (χ4v) is 2.96. The van der Waals surface area contributed by atoms with Crippen molar-refractivity contribution in [3.05, 3.63) is 71.9 Å². The standard InChI is InChI=1S/C21H21F2N3O/c1-3-10-21(22,23)19-9-8-15(14-26-19)13-18-16(6-4-11-24-18)17-7-5-12-25-20(17)27-2/h4-9,11-12,14H,3,10,13H2,1-2H3. The van der Waals surface area contributed by atoms with Gasteiger partial charge >= 0.3 is 0 Å². The second-order valence-electron chi connectivity index (χ2n) is 6.24. The molecule has 0 amide bonds. The van der Waals surface area contributed by atoms with Gasteiger partial charge < -0.3 is 4.74 Å². The van der Waals surface area contributed by atoms with Gasteiger partial charge in [0.15, 0.2) is 0 Å². The highest BCUT2D eigenvalue weighted by atomic mass is 19.3. The number of nitrogens with zero attached hydrogens (tertiary/aromatic N) is 3. The molecule has 0 aromatic carbocycles. The predicted octanol–water partition coefficient (Wildman–Crippen LogP) is 5.03. The Labute approximate surface area is 157 Å². The number of methoxy groups -OCH3 is 1. The average Bonchev–Trinajstić information content (AvgIpc) is 2.69. The van der Waals surface area contributed by atoms with E-state index in [1.807, 2.05) is 24.3 Å². The van der Waals surface area contributed by atoms with Crippen LogP contribution in [0.25, 0.3) is 11.1 Å². The largest absolute Gasteiger partial charge is 0.481 e. The van der Waals surface area contributed by atoms with Gasteiger partial charge in [-0.05, 0) is 29.8 Å². The van der Waals surface area contributed by atoms with E-state index in [2.05, 4.69) is 15.0 Å². The van der Waals surface area contributed by atoms with Crippen molar-refractivity contribution in [2.45, 2.75) is 32.1 Å². The van der Waals surface area contributed by atoms with E-state index in [0.29, 0.717) is 18.7 Å². The molecule has 0 N–H and O–H groups in total. The third-order valence-corrected chi connectivity index (χ3v) is 4.28. The maximum atomic E-state index is 14.0. The first kappa shape index (κ1) is 18.9. The van der Waals surface area contributed by atoms with Crippen molar-refractivity contribution in [2.24, 2.45) is 0 Å². The zero-order chi connectivity index (χ0) is 19.3. The Morgan fingerprint density at radius 2 is 1.70 bits per heavy atom. The van der Waals surface area contributed by atoms with Crippen molar-refractivity contribution in [1.82, 2.24) is 15.0 Å². The molecule has 0 aliphatic carbocycles. The third-order valence-electron chi connectivity index (χ3n) is 4.28. The first-order valence-corrected chi connectivity index (χ1v) is 8.81. The van der Waals surface area contributed by atoms with E-state index < -0.39 is 5.92 Å². The SMILES string of the molecule is CCCC(F)(F)c1ccc(Cc2ncccc2-c2cccnc2OC)cn1. The molecule has 0 spiro atoms. The van der Waals surface area contributed by atoms with Crippen LogP contribution in [0.3, 0.4) is 0 Å². The average molecular weight is 369 g/mol. The highest BCUT2D eigenvalue weighted by molar-refractivity contribution is 5.70. The van der Waals surface area contributed by atoms with Crippen molar-refractivity contribution >= 4 is 0 Å². The maximum Gasteiger partial charge on any atom is 0.289 e. The van der Waals surface area contributed by atoms with Crippen molar-refractivity contribution in [2.75, 3.05) is 7.11 Å². The van der Waals surface area contributed by atoms with Gasteiger partial charge in [0.25, 0.3) is 5.92 Å². The summed E-state index contributed by atoms with van der Waals surface area (Å²) in [5.41, 5.74) is 3.15. The Balaban J connectivity index is 1.89. The minimum Gasteiger partial charge on any atom is -0.481 e. The van der Waals surface area contributed by atoms with Crippen LogP contribution < -0.4 is 4.74 Å². The monoisotopic (exact) mass is 369 g/mol. The Kier molecular flexibility index (Phi) is 5.74. The van der Waals surface area contributed by atoms with E-state index in [4.69, 9.17) is 4.74 Å². The minimum absolute atomic E-state index is 0.191. The van der Waals surface area contributed by atoms with Crippen LogP contribution in [-0.4, -0.2) is 22.1 Å². The number of halogens is 2. The summed E-state index contributed by atoms with van der Waals surface area (Å²) in [4.78, 5) is 12.7. The van der Waals surface area contributed by atoms with Gasteiger partial charge in [0.05, 0.1) is 12.8 Å². The predicted molar refractivity (Wildman–Crippen MR) is 99.9 cm³/mol. The lowest BCUT2D eigenvalue weighted by Gasteiger charge is -2.15. The Hall–Kier alpha value is -2.89. The van der Waals surface area contributed by atoms with Crippen LogP contribution in [0, 0.1) is 0 Å². The van der Waals surface area contributed by atoms with Gasteiger partial charge in [-0.2, -0.15) is 8.78 Å². The summed E-state index contributed by atoms with van der Waals surface area (Å²) in [5, 5.41) is 0. The van der Waals surface area contributed by atoms with Crippen LogP contribution in [0.2, 0.25) is 0 Å². The number of ether oxygens (including phenoxy) is 1. The molecule has 0 unspecified atom stereocenters. The molecule has 3 rings (SSSR count). The molecule has 0 saturated heterocycles. The number of alkyl halides is 2. The second-order valence-corrected chi connectivity index (χ2v) is 6.24. The molecule has 0 aliphatic heterocycles. The molecule has 6 heteroatoms. The maximum absolute atomic E-state index is 14.0. The quantitative estimate of drug-likeness (QED) is 0.586. The first-order chi connectivity index (χ1) is 13.0. The fourth-order valence-electron chi connectivity index (χ4n) is 2.96. The lowest BCUT2D eigenvalue weighted by atomic mass is 10.0. The molecule has 0 atom stereocenters. The number of aromatic nitrogens is 3. The lowest BCUT2D eigenvalue weighted by Crippen LogP contribution is -2.14. The van der Waals surface area contributed by atoms with Gasteiger partial charge in [-0.15, -0.1) is 0 Å². The van der Waals surface area contributed by atoms with E-state index in [-0.39, 0.29) is 12.1 Å². The minimum atomic E-state index is -2.90. The lowest BCUT2D eigenvalue weighted by molar-refractivity contribution is -0.0184. The zero-order valence-electron chi connectivity index (χ0n) is 15.3. The van der Waals surface area contributed by atoms with E-state index in [0.717, 1.165) is 22.4 Å². The Bertz CT molecular complexity index is 898. The Morgan fingerprint density at radius 3 is 2.37 bits per heavy atom. The molecule has 0 fully saturated rings. The van der Waals surface area contributed by atoms with E-state index >= 15 is 0 Å². The highest BCUT2D eigenvalue weighted by Gasteiger charge is 2.31. The number of pyridine rings is 3. The van der Waals surface area contributed by atoms with Gasteiger partial charge in [0, 0.05) is 42.6 Å². The molecule has 0 aliphatic rings. The molecule has 0 bridgehead atoms. The smallest absolute Gasteiger partial charge is 0.289 e. The van der Waals surface area contributed by atoms with Crippen molar-refractivity contribution in [1.29, 1.82) is 0 Å². The van der Waals surface area contributed by atoms with E-state index in [1.165, 1.54) is 12.3 Å². The van der Waals surface area contributed by atoms with Gasteiger partial charge in [-0.3, -0.25) is 9.97 Å². The normalized spacial score (nSPS) is 11.4. The molecular formula is C21H21F2N3O. The molecule has 3 aromatic heterocycles. The van der Waals surface area contributed by atoms with Crippen molar-refractivity contribution < 1.29 is 13.5 Å². The van der Waals surface area contributed by atoms with E-state index in [9.17, 15) is 8.78 Å². The van der Waals surface area contributed by atoms with Crippen LogP contribution >= 0.6 is 0 Å². The fraction of sp³-hybridized carbons (Fsp3) is 0.286. The van der Waals surface area contributed by atoms with Crippen LogP contribution in [0.15, 0.2) is 55.0 Å². The molecule has 140 valence electrons. The molecule has 3 aromatic rings. The molecular weight excluding hydrogens is 348 g/mol. The number of hydrogen-bond donors (Lipinski definition) is 0. The summed E-state index contributed by atoms with van der Waals surface area (Å²) >= 11 is 0. The van der Waals surface area contributed by atoms with Crippen LogP contribution in [-0.2, 0) is 12.3 Å². The zero-order valence-corrected chi connectivity index (χ0v) is 15.3. The molecule has 0 saturated carbocycles. The first-order valence-electron chi connectivity index (χ1n) is 8.81. The summed E-state index contributed by atoms with van der Waals surface area (Å²) in [5.74, 6) is -2.38. The van der Waals surface area contributed by atoms with Gasteiger partial charge in [-0.25, -0.2) is 4.98 Å². The summed E-state index contributed by atoms with van der Waals surface area (Å²) in [6, 6.07) is 10.6. The van der Waals surface area contributed by atoms with Gasteiger partial charge in [0.2, 0.25) is 5.88 Å². The number of hydrogen-bond acceptors (Lipinski definition) is 4. The van der Waals surface area contributed by atoms with E-state index in [1.54, 1.807) is 32.5 Å². The molecule has 0 radical (unpaired) electrons.